The van der Waals surface area contributed by atoms with Crippen molar-refractivity contribution in [3.05, 3.63) is 52.3 Å². The Kier molecular flexibility index (Phi) is 5.12. The Bertz CT molecular complexity index is 703. The first-order valence-electron chi connectivity index (χ1n) is 9.75. The fourth-order valence-electron chi connectivity index (χ4n) is 5.31. The fraction of sp³-hybridized carbons (Fsp3) is 0.545. The molecule has 3 aliphatic rings. The zero-order chi connectivity index (χ0) is 17.3. The molecular formula is C22H27IO2. The summed E-state index contributed by atoms with van der Waals surface area (Å²) in [6.45, 7) is 0. The van der Waals surface area contributed by atoms with Gasteiger partial charge in [0.25, 0.3) is 0 Å². The second kappa shape index (κ2) is 7.34. The molecule has 2 saturated carbocycles. The monoisotopic (exact) mass is 450 g/mol. The molecule has 2 nitrogen and oxygen atoms in total. The number of allylic oxidation sites excluding steroid dienone is 3. The van der Waals surface area contributed by atoms with E-state index in [-0.39, 0.29) is 0 Å². The molecule has 0 aliphatic heterocycles. The first kappa shape index (κ1) is 17.4. The Hall–Kier alpha value is -0.970. The van der Waals surface area contributed by atoms with Gasteiger partial charge in [-0.15, -0.1) is 0 Å². The number of hydrogen-bond acceptors (Lipinski definition) is 2. The van der Waals surface area contributed by atoms with Crippen LogP contribution in [0.4, 0.5) is 0 Å². The van der Waals surface area contributed by atoms with Crippen LogP contribution >= 0.6 is 23.0 Å². The molecule has 0 atom stereocenters. The van der Waals surface area contributed by atoms with Gasteiger partial charge >= 0.3 is 0 Å². The van der Waals surface area contributed by atoms with E-state index in [1.54, 1.807) is 0 Å². The van der Waals surface area contributed by atoms with Gasteiger partial charge in [-0.1, -0.05) is 25.0 Å². The highest BCUT2D eigenvalue weighted by Crippen LogP contribution is 2.54. The van der Waals surface area contributed by atoms with Gasteiger partial charge in [0.05, 0.1) is 0 Å². The van der Waals surface area contributed by atoms with Gasteiger partial charge in [0, 0.05) is 5.56 Å². The lowest BCUT2D eigenvalue weighted by molar-refractivity contribution is 0.422. The summed E-state index contributed by atoms with van der Waals surface area (Å²) >= 11 is 2.03. The predicted octanol–water partition coefficient (Wildman–Crippen LogP) is 6.66. The minimum absolute atomic E-state index is 0.378. The summed E-state index contributed by atoms with van der Waals surface area (Å²) in [5.74, 6) is 1.59. The number of benzene rings is 1. The molecule has 0 amide bonds. The third-order valence-electron chi connectivity index (χ3n) is 6.58. The van der Waals surface area contributed by atoms with Crippen molar-refractivity contribution in [1.82, 2.24) is 0 Å². The van der Waals surface area contributed by atoms with E-state index in [9.17, 15) is 5.11 Å². The van der Waals surface area contributed by atoms with E-state index >= 15 is 0 Å². The molecule has 0 saturated heterocycles. The second-order valence-electron chi connectivity index (χ2n) is 7.94. The van der Waals surface area contributed by atoms with Crippen LogP contribution in [0.3, 0.4) is 0 Å². The summed E-state index contributed by atoms with van der Waals surface area (Å²) in [7, 11) is 0. The largest absolute Gasteiger partial charge is 0.508 e. The van der Waals surface area contributed by atoms with Gasteiger partial charge in [0.15, 0.2) is 23.0 Å². The molecule has 3 heteroatoms. The third kappa shape index (κ3) is 3.24. The number of halogens is 1. The molecule has 1 aromatic carbocycles. The number of fused-ring (bicyclic) bond motifs is 2. The van der Waals surface area contributed by atoms with Crippen LogP contribution in [0.25, 0.3) is 0 Å². The Morgan fingerprint density at radius 3 is 2.56 bits per heavy atom. The smallest absolute Gasteiger partial charge is 0.192 e. The standard InChI is InChI=1S/C22H27IO2/c23-25-20-11-10-16(8-5-9-19(24)17-6-1-2-7-17)18-12-15-22(21(18)20)13-3-4-14-22/h5,9-11,24H,1-4,6-8,12-15H2/b9-5-. The second-order valence-corrected chi connectivity index (χ2v) is 8.38. The van der Waals surface area contributed by atoms with E-state index in [0.717, 1.165) is 25.0 Å². The lowest BCUT2D eigenvalue weighted by Crippen LogP contribution is -2.18. The van der Waals surface area contributed by atoms with Crippen LogP contribution in [0.2, 0.25) is 0 Å². The van der Waals surface area contributed by atoms with Crippen LogP contribution < -0.4 is 3.07 Å². The van der Waals surface area contributed by atoms with Gasteiger partial charge < -0.3 is 8.17 Å². The molecule has 0 bridgehead atoms. The minimum atomic E-state index is 0.378. The van der Waals surface area contributed by atoms with E-state index in [2.05, 4.69) is 18.2 Å². The fourth-order valence-corrected chi connectivity index (χ4v) is 5.67. The highest BCUT2D eigenvalue weighted by molar-refractivity contribution is 14.1. The number of aliphatic hydroxyl groups excluding tert-OH is 1. The molecule has 3 aliphatic carbocycles. The Morgan fingerprint density at radius 2 is 1.84 bits per heavy atom. The Morgan fingerprint density at radius 1 is 1.08 bits per heavy atom. The van der Waals surface area contributed by atoms with Crippen LogP contribution in [0.15, 0.2) is 35.6 Å². The van der Waals surface area contributed by atoms with Gasteiger partial charge in [0.2, 0.25) is 0 Å². The van der Waals surface area contributed by atoms with Gasteiger partial charge in [-0.05, 0) is 92.0 Å². The lowest BCUT2D eigenvalue weighted by Gasteiger charge is -2.26. The molecule has 25 heavy (non-hydrogen) atoms. The van der Waals surface area contributed by atoms with E-state index in [1.807, 2.05) is 29.1 Å². The van der Waals surface area contributed by atoms with Crippen molar-refractivity contribution in [3.8, 4) is 5.75 Å². The molecule has 1 aromatic rings. The average Bonchev–Trinajstić information content (AvgIpc) is 3.38. The van der Waals surface area contributed by atoms with Crippen LogP contribution in [0.5, 0.6) is 5.75 Å². The Balaban J connectivity index is 1.59. The van der Waals surface area contributed by atoms with Crippen molar-refractivity contribution in [2.45, 2.75) is 76.0 Å². The summed E-state index contributed by atoms with van der Waals surface area (Å²) in [6, 6.07) is 4.39. The zero-order valence-electron chi connectivity index (χ0n) is 14.8. The minimum Gasteiger partial charge on any atom is -0.508 e. The normalized spacial score (nSPS) is 21.4. The van der Waals surface area contributed by atoms with E-state index in [0.29, 0.717) is 11.2 Å². The van der Waals surface area contributed by atoms with Crippen molar-refractivity contribution in [2.24, 2.45) is 0 Å². The summed E-state index contributed by atoms with van der Waals surface area (Å²) < 4.78 is 5.71. The number of rotatable bonds is 4. The van der Waals surface area contributed by atoms with Crippen LogP contribution in [0, 0.1) is 0 Å². The van der Waals surface area contributed by atoms with Crippen molar-refractivity contribution in [1.29, 1.82) is 0 Å². The highest BCUT2D eigenvalue weighted by atomic mass is 127. The molecule has 0 aromatic heterocycles. The maximum Gasteiger partial charge on any atom is 0.192 e. The molecule has 2 fully saturated rings. The molecule has 0 radical (unpaired) electrons. The maximum atomic E-state index is 10.2. The van der Waals surface area contributed by atoms with E-state index < -0.39 is 0 Å². The first-order valence-corrected chi connectivity index (χ1v) is 10.6. The molecule has 4 rings (SSSR count). The number of hydrogen-bond donors (Lipinski definition) is 1. The maximum absolute atomic E-state index is 10.2. The van der Waals surface area contributed by atoms with Crippen LogP contribution in [-0.2, 0) is 18.3 Å². The van der Waals surface area contributed by atoms with Gasteiger partial charge in [-0.3, -0.25) is 0 Å². The lowest BCUT2D eigenvalue weighted by atomic mass is 9.79. The summed E-state index contributed by atoms with van der Waals surface area (Å²) in [5, 5.41) is 10.2. The van der Waals surface area contributed by atoms with Crippen molar-refractivity contribution < 1.29 is 8.17 Å². The van der Waals surface area contributed by atoms with Crippen molar-refractivity contribution in [3.63, 3.8) is 0 Å². The van der Waals surface area contributed by atoms with Crippen molar-refractivity contribution in [2.75, 3.05) is 0 Å². The van der Waals surface area contributed by atoms with Gasteiger partial charge in [-0.25, -0.2) is 0 Å². The van der Waals surface area contributed by atoms with E-state index in [4.69, 9.17) is 3.07 Å². The molecule has 0 unspecified atom stereocenters. The zero-order valence-corrected chi connectivity index (χ0v) is 17.0. The van der Waals surface area contributed by atoms with Crippen LogP contribution in [-0.4, -0.2) is 5.11 Å². The molecule has 1 N–H and O–H groups in total. The highest BCUT2D eigenvalue weighted by Gasteiger charge is 2.43. The van der Waals surface area contributed by atoms with Gasteiger partial charge in [-0.2, -0.15) is 0 Å². The third-order valence-corrected chi connectivity index (χ3v) is 7.06. The topological polar surface area (TPSA) is 29.5 Å². The molecule has 1 spiro atoms. The average molecular weight is 450 g/mol. The SMILES string of the molecule is OC(/C=C\Cc1ccc(OI)c2c1CCC21CCCC1)=C1CCCC1. The van der Waals surface area contributed by atoms with Crippen molar-refractivity contribution >= 4 is 23.0 Å². The first-order chi connectivity index (χ1) is 12.2. The van der Waals surface area contributed by atoms with Crippen LogP contribution in [0.1, 0.15) is 74.5 Å². The molecular weight excluding hydrogens is 423 g/mol. The van der Waals surface area contributed by atoms with Gasteiger partial charge in [0.1, 0.15) is 11.5 Å². The number of aliphatic hydroxyl groups is 1. The molecule has 134 valence electrons. The quantitative estimate of drug-likeness (QED) is 0.411. The summed E-state index contributed by atoms with van der Waals surface area (Å²) in [4.78, 5) is 0. The summed E-state index contributed by atoms with van der Waals surface area (Å²) in [5.41, 5.74) is 6.05. The summed E-state index contributed by atoms with van der Waals surface area (Å²) in [6.07, 6.45) is 17.3. The Labute approximate surface area is 165 Å². The van der Waals surface area contributed by atoms with E-state index in [1.165, 1.54) is 73.6 Å². The molecule has 0 heterocycles. The predicted molar refractivity (Wildman–Crippen MR) is 111 cm³/mol.